The van der Waals surface area contributed by atoms with Gasteiger partial charge >= 0.3 is 0 Å². The van der Waals surface area contributed by atoms with Crippen molar-refractivity contribution in [1.29, 1.82) is 0 Å². The van der Waals surface area contributed by atoms with Crippen LogP contribution in [0.4, 0.5) is 0 Å². The van der Waals surface area contributed by atoms with Crippen LogP contribution < -0.4 is 10.6 Å². The molecule has 0 radical (unpaired) electrons. The van der Waals surface area contributed by atoms with Gasteiger partial charge in [0.25, 0.3) is 0 Å². The van der Waals surface area contributed by atoms with Crippen molar-refractivity contribution in [3.8, 4) is 0 Å². The minimum atomic E-state index is 0.0602. The van der Waals surface area contributed by atoms with E-state index in [9.17, 15) is 0 Å². The maximum absolute atomic E-state index is 5.90. The third-order valence-corrected chi connectivity index (χ3v) is 6.79. The molecule has 0 aromatic carbocycles. The Balaban J connectivity index is 1.68. The number of nitrogens with zero attached hydrogens (tertiary/aromatic N) is 1. The molecule has 0 spiro atoms. The monoisotopic (exact) mass is 349 g/mol. The van der Waals surface area contributed by atoms with Crippen LogP contribution in [0.5, 0.6) is 0 Å². The zero-order valence-corrected chi connectivity index (χ0v) is 16.4. The van der Waals surface area contributed by atoms with Crippen molar-refractivity contribution in [2.45, 2.75) is 58.6 Å². The number of thiophene rings is 1. The predicted octanol–water partition coefficient (Wildman–Crippen LogP) is 3.39. The van der Waals surface area contributed by atoms with Gasteiger partial charge in [0.1, 0.15) is 0 Å². The fraction of sp³-hybridized carbons (Fsp3) is 0.737. The summed E-state index contributed by atoms with van der Waals surface area (Å²) in [6.45, 7) is 13.8. The van der Waals surface area contributed by atoms with Crippen molar-refractivity contribution in [2.75, 3.05) is 19.7 Å². The molecule has 0 bridgehead atoms. The van der Waals surface area contributed by atoms with Crippen molar-refractivity contribution in [3.63, 3.8) is 0 Å². The smallest absolute Gasteiger partial charge is 0.191 e. The molecule has 2 fully saturated rings. The number of guanidine groups is 1. The fourth-order valence-corrected chi connectivity index (χ4v) is 4.95. The third-order valence-electron chi connectivity index (χ3n) is 5.56. The van der Waals surface area contributed by atoms with Gasteiger partial charge in [0.05, 0.1) is 12.6 Å². The normalized spacial score (nSPS) is 29.0. The van der Waals surface area contributed by atoms with Crippen LogP contribution in [0.25, 0.3) is 0 Å². The van der Waals surface area contributed by atoms with Gasteiger partial charge in [-0.1, -0.05) is 33.8 Å². The fourth-order valence-electron chi connectivity index (χ4n) is 4.10. The lowest BCUT2D eigenvalue weighted by atomic mass is 9.57. The van der Waals surface area contributed by atoms with Crippen LogP contribution in [-0.4, -0.2) is 37.8 Å². The largest absolute Gasteiger partial charge is 0.377 e. The van der Waals surface area contributed by atoms with Crippen molar-refractivity contribution in [1.82, 2.24) is 10.6 Å². The van der Waals surface area contributed by atoms with Crippen LogP contribution >= 0.6 is 11.3 Å². The Morgan fingerprint density at radius 3 is 2.92 bits per heavy atom. The summed E-state index contributed by atoms with van der Waals surface area (Å²) in [6.07, 6.45) is 1.56. The Morgan fingerprint density at radius 1 is 1.46 bits per heavy atom. The summed E-state index contributed by atoms with van der Waals surface area (Å²) in [6, 6.07) is 4.76. The first-order valence-electron chi connectivity index (χ1n) is 9.06. The van der Waals surface area contributed by atoms with Crippen molar-refractivity contribution in [2.24, 2.45) is 16.3 Å². The van der Waals surface area contributed by atoms with Gasteiger partial charge in [0.2, 0.25) is 0 Å². The van der Waals surface area contributed by atoms with E-state index < -0.39 is 0 Å². The summed E-state index contributed by atoms with van der Waals surface area (Å²) >= 11 is 1.81. The minimum absolute atomic E-state index is 0.0602. The lowest BCUT2D eigenvalue weighted by Gasteiger charge is -2.55. The number of fused-ring (bicyclic) bond motifs is 1. The lowest BCUT2D eigenvalue weighted by Crippen LogP contribution is -2.68. The zero-order chi connectivity index (χ0) is 17.4. The number of rotatable bonds is 5. The summed E-state index contributed by atoms with van der Waals surface area (Å²) in [5.41, 5.74) is 0.227. The minimum Gasteiger partial charge on any atom is -0.377 e. The van der Waals surface area contributed by atoms with E-state index >= 15 is 0 Å². The first-order valence-corrected chi connectivity index (χ1v) is 9.94. The third kappa shape index (κ3) is 3.21. The van der Waals surface area contributed by atoms with Crippen LogP contribution in [0.2, 0.25) is 0 Å². The molecule has 0 amide bonds. The SMILES string of the molecule is CCNC(=NCC(C)(C)c1cccs1)NC1C2CCOC2C1(C)C. The van der Waals surface area contributed by atoms with E-state index in [4.69, 9.17) is 9.73 Å². The molecule has 1 aliphatic heterocycles. The number of hydrogen-bond donors (Lipinski definition) is 2. The second-order valence-electron chi connectivity index (χ2n) is 8.24. The average molecular weight is 350 g/mol. The van der Waals surface area contributed by atoms with E-state index in [-0.39, 0.29) is 10.8 Å². The summed E-state index contributed by atoms with van der Waals surface area (Å²) in [5, 5.41) is 9.26. The lowest BCUT2D eigenvalue weighted by molar-refractivity contribution is -0.106. The summed E-state index contributed by atoms with van der Waals surface area (Å²) in [7, 11) is 0. The predicted molar refractivity (Wildman–Crippen MR) is 102 cm³/mol. The molecule has 5 heteroatoms. The Bertz CT molecular complexity index is 579. The molecule has 2 aliphatic rings. The quantitative estimate of drug-likeness (QED) is 0.633. The van der Waals surface area contributed by atoms with Gasteiger partial charge in [-0.25, -0.2) is 0 Å². The van der Waals surface area contributed by atoms with Crippen molar-refractivity contribution in [3.05, 3.63) is 22.4 Å². The van der Waals surface area contributed by atoms with Gasteiger partial charge in [-0.3, -0.25) is 4.99 Å². The summed E-state index contributed by atoms with van der Waals surface area (Å²) in [5.74, 6) is 1.56. The molecular formula is C19H31N3OS. The molecule has 3 unspecified atom stereocenters. The standard InChI is InChI=1S/C19H31N3OS/c1-6-20-17(21-12-18(2,3)14-8-7-11-24-14)22-15-13-9-10-23-16(13)19(15,4)5/h7-8,11,13,15-16H,6,9-10,12H2,1-5H3,(H2,20,21,22). The van der Waals surface area contributed by atoms with Gasteiger partial charge in [-0.15, -0.1) is 11.3 Å². The molecule has 1 aromatic rings. The topological polar surface area (TPSA) is 45.7 Å². The Morgan fingerprint density at radius 2 is 2.25 bits per heavy atom. The molecule has 1 saturated carbocycles. The highest BCUT2D eigenvalue weighted by atomic mass is 32.1. The summed E-state index contributed by atoms with van der Waals surface area (Å²) in [4.78, 5) is 6.29. The highest BCUT2D eigenvalue weighted by Crippen LogP contribution is 2.52. The number of nitrogens with one attached hydrogen (secondary N) is 2. The van der Waals surface area contributed by atoms with Crippen LogP contribution in [0, 0.1) is 11.3 Å². The molecule has 4 nitrogen and oxygen atoms in total. The number of hydrogen-bond acceptors (Lipinski definition) is 3. The van der Waals surface area contributed by atoms with Crippen LogP contribution in [0.15, 0.2) is 22.5 Å². The number of aliphatic imine (C=N–C) groups is 1. The molecule has 24 heavy (non-hydrogen) atoms. The van der Waals surface area contributed by atoms with Gasteiger partial charge in [0, 0.05) is 40.8 Å². The molecular weight excluding hydrogens is 318 g/mol. The maximum Gasteiger partial charge on any atom is 0.191 e. The van der Waals surface area contributed by atoms with E-state index in [1.54, 1.807) is 0 Å². The Kier molecular flexibility index (Phi) is 4.94. The highest BCUT2D eigenvalue weighted by Gasteiger charge is 2.59. The second kappa shape index (κ2) is 6.68. The molecule has 1 aliphatic carbocycles. The Hall–Kier alpha value is -1.07. The van der Waals surface area contributed by atoms with E-state index in [0.29, 0.717) is 18.1 Å². The van der Waals surface area contributed by atoms with Crippen LogP contribution in [0.3, 0.4) is 0 Å². The van der Waals surface area contributed by atoms with Crippen LogP contribution in [-0.2, 0) is 10.2 Å². The van der Waals surface area contributed by atoms with Gasteiger partial charge in [-0.05, 0) is 24.8 Å². The highest BCUT2D eigenvalue weighted by molar-refractivity contribution is 7.10. The van der Waals surface area contributed by atoms with Crippen LogP contribution in [0.1, 0.15) is 45.9 Å². The molecule has 1 aromatic heterocycles. The van der Waals surface area contributed by atoms with Crippen molar-refractivity contribution < 1.29 is 4.74 Å². The van der Waals surface area contributed by atoms with E-state index in [0.717, 1.165) is 32.1 Å². The molecule has 3 atom stereocenters. The molecule has 2 heterocycles. The van der Waals surface area contributed by atoms with Gasteiger partial charge in [-0.2, -0.15) is 0 Å². The molecule has 2 N–H and O–H groups in total. The van der Waals surface area contributed by atoms with Gasteiger partial charge < -0.3 is 15.4 Å². The first-order chi connectivity index (χ1) is 11.4. The van der Waals surface area contributed by atoms with E-state index in [1.807, 2.05) is 11.3 Å². The average Bonchev–Trinajstić information content (AvgIpc) is 3.19. The molecule has 3 rings (SSSR count). The summed E-state index contributed by atoms with van der Waals surface area (Å²) < 4.78 is 5.90. The van der Waals surface area contributed by atoms with E-state index in [1.165, 1.54) is 4.88 Å². The zero-order valence-electron chi connectivity index (χ0n) is 15.6. The first kappa shape index (κ1) is 17.7. The molecule has 1 saturated heterocycles. The van der Waals surface area contributed by atoms with E-state index in [2.05, 4.69) is 62.8 Å². The second-order valence-corrected chi connectivity index (χ2v) is 9.19. The maximum atomic E-state index is 5.90. The Labute approximate surface area is 150 Å². The van der Waals surface area contributed by atoms with Crippen molar-refractivity contribution >= 4 is 17.3 Å². The van der Waals surface area contributed by atoms with Gasteiger partial charge in [0.15, 0.2) is 5.96 Å². The number of ether oxygens (including phenoxy) is 1. The molecule has 134 valence electrons.